The molecule has 0 bridgehead atoms. The molecular formula is C13H16N4. The number of hydrogen-bond donors (Lipinski definition) is 1. The molecule has 0 atom stereocenters. The monoisotopic (exact) mass is 228 g/mol. The first-order valence-electron chi connectivity index (χ1n) is 6.09. The quantitative estimate of drug-likeness (QED) is 0.851. The van der Waals surface area contributed by atoms with Gasteiger partial charge in [-0.3, -0.25) is 4.98 Å². The Labute approximate surface area is 101 Å². The summed E-state index contributed by atoms with van der Waals surface area (Å²) < 4.78 is 2.29. The van der Waals surface area contributed by atoms with Crippen molar-refractivity contribution in [2.24, 2.45) is 5.73 Å². The Morgan fingerprint density at radius 1 is 1.24 bits per heavy atom. The fraction of sp³-hybridized carbons (Fsp3) is 0.385. The smallest absolute Gasteiger partial charge is 0.123 e. The number of nitrogens with zero attached hydrogens (tertiary/aromatic N) is 3. The topological polar surface area (TPSA) is 56.7 Å². The van der Waals surface area contributed by atoms with E-state index in [0.29, 0.717) is 6.54 Å². The highest BCUT2D eigenvalue weighted by atomic mass is 15.1. The van der Waals surface area contributed by atoms with Gasteiger partial charge in [0.15, 0.2) is 0 Å². The van der Waals surface area contributed by atoms with E-state index in [1.807, 2.05) is 24.5 Å². The number of hydrogen-bond acceptors (Lipinski definition) is 3. The molecule has 4 heteroatoms. The maximum absolute atomic E-state index is 5.77. The van der Waals surface area contributed by atoms with Crippen LogP contribution >= 0.6 is 0 Å². The van der Waals surface area contributed by atoms with Crippen molar-refractivity contribution in [1.82, 2.24) is 14.5 Å². The van der Waals surface area contributed by atoms with Crippen LogP contribution < -0.4 is 5.73 Å². The van der Waals surface area contributed by atoms with Gasteiger partial charge in [-0.05, 0) is 31.4 Å². The first-order valence-corrected chi connectivity index (χ1v) is 6.09. The Morgan fingerprint density at radius 2 is 2.06 bits per heavy atom. The maximum atomic E-state index is 5.77. The summed E-state index contributed by atoms with van der Waals surface area (Å²) in [5.41, 5.74) is 9.34. The molecular weight excluding hydrogens is 212 g/mol. The van der Waals surface area contributed by atoms with Crippen molar-refractivity contribution in [3.8, 4) is 11.3 Å². The normalized spacial score (nSPS) is 14.6. The number of aromatic nitrogens is 3. The molecule has 3 rings (SSSR count). The Bertz CT molecular complexity index is 516. The van der Waals surface area contributed by atoms with E-state index in [1.165, 1.54) is 18.5 Å². The van der Waals surface area contributed by atoms with Crippen LogP contribution in [0.3, 0.4) is 0 Å². The van der Waals surface area contributed by atoms with Crippen LogP contribution in [0.1, 0.15) is 24.4 Å². The standard InChI is InChI=1S/C13H16N4/c14-9-12-16-13(10-4-6-15-7-5-10)11-3-1-2-8-17(11)12/h4-7H,1-3,8-9,14H2. The van der Waals surface area contributed by atoms with Gasteiger partial charge >= 0.3 is 0 Å². The summed E-state index contributed by atoms with van der Waals surface area (Å²) in [7, 11) is 0. The molecule has 2 aromatic heterocycles. The highest BCUT2D eigenvalue weighted by Crippen LogP contribution is 2.28. The molecule has 1 aliphatic heterocycles. The van der Waals surface area contributed by atoms with Crippen LogP contribution in [0, 0.1) is 0 Å². The van der Waals surface area contributed by atoms with E-state index < -0.39 is 0 Å². The fourth-order valence-corrected chi connectivity index (χ4v) is 2.51. The minimum Gasteiger partial charge on any atom is -0.330 e. The molecule has 1 aliphatic rings. The summed E-state index contributed by atoms with van der Waals surface area (Å²) in [5.74, 6) is 1.01. The fourth-order valence-electron chi connectivity index (χ4n) is 2.51. The Kier molecular flexibility index (Phi) is 2.65. The van der Waals surface area contributed by atoms with Crippen molar-refractivity contribution < 1.29 is 0 Å². The molecule has 2 aromatic rings. The van der Waals surface area contributed by atoms with Crippen molar-refractivity contribution in [3.05, 3.63) is 36.0 Å². The minimum atomic E-state index is 0.512. The molecule has 0 aromatic carbocycles. The van der Waals surface area contributed by atoms with E-state index in [4.69, 9.17) is 10.7 Å². The Hall–Kier alpha value is -1.68. The van der Waals surface area contributed by atoms with E-state index >= 15 is 0 Å². The van der Waals surface area contributed by atoms with Gasteiger partial charge < -0.3 is 10.3 Å². The van der Waals surface area contributed by atoms with E-state index in [9.17, 15) is 0 Å². The van der Waals surface area contributed by atoms with Crippen LogP contribution in [-0.2, 0) is 19.5 Å². The van der Waals surface area contributed by atoms with Crippen LogP contribution in [-0.4, -0.2) is 14.5 Å². The molecule has 0 aliphatic carbocycles. The van der Waals surface area contributed by atoms with Gasteiger partial charge in [0.05, 0.1) is 12.2 Å². The first kappa shape index (κ1) is 10.5. The molecule has 0 radical (unpaired) electrons. The highest BCUT2D eigenvalue weighted by molar-refractivity contribution is 5.62. The second kappa shape index (κ2) is 4.30. The number of nitrogens with two attached hydrogens (primary N) is 1. The number of pyridine rings is 1. The van der Waals surface area contributed by atoms with E-state index in [0.717, 1.165) is 30.0 Å². The molecule has 88 valence electrons. The SMILES string of the molecule is NCc1nc(-c2ccncc2)c2n1CCCC2. The summed E-state index contributed by atoms with van der Waals surface area (Å²) in [4.78, 5) is 8.74. The van der Waals surface area contributed by atoms with Crippen LogP contribution in [0.15, 0.2) is 24.5 Å². The lowest BCUT2D eigenvalue weighted by molar-refractivity contribution is 0.515. The summed E-state index contributed by atoms with van der Waals surface area (Å²) >= 11 is 0. The molecule has 0 saturated heterocycles. The van der Waals surface area contributed by atoms with Crippen molar-refractivity contribution in [2.45, 2.75) is 32.4 Å². The third kappa shape index (κ3) is 1.74. The van der Waals surface area contributed by atoms with Crippen LogP contribution in [0.5, 0.6) is 0 Å². The van der Waals surface area contributed by atoms with E-state index in [2.05, 4.69) is 9.55 Å². The van der Waals surface area contributed by atoms with E-state index in [-0.39, 0.29) is 0 Å². The third-order valence-corrected chi connectivity index (χ3v) is 3.33. The van der Waals surface area contributed by atoms with Gasteiger partial charge in [0.2, 0.25) is 0 Å². The van der Waals surface area contributed by atoms with Crippen molar-refractivity contribution in [1.29, 1.82) is 0 Å². The predicted octanol–water partition coefficient (Wildman–Crippen LogP) is 1.74. The second-order valence-corrected chi connectivity index (χ2v) is 4.37. The zero-order valence-corrected chi connectivity index (χ0v) is 9.76. The van der Waals surface area contributed by atoms with Crippen LogP contribution in [0.25, 0.3) is 11.3 Å². The molecule has 0 spiro atoms. The maximum Gasteiger partial charge on any atom is 0.123 e. The lowest BCUT2D eigenvalue weighted by atomic mass is 10.0. The molecule has 0 amide bonds. The van der Waals surface area contributed by atoms with Crippen LogP contribution in [0.2, 0.25) is 0 Å². The highest BCUT2D eigenvalue weighted by Gasteiger charge is 2.19. The van der Waals surface area contributed by atoms with Gasteiger partial charge in [0, 0.05) is 30.2 Å². The largest absolute Gasteiger partial charge is 0.330 e. The number of imidazole rings is 1. The van der Waals surface area contributed by atoms with E-state index in [1.54, 1.807) is 0 Å². The number of rotatable bonds is 2. The lowest BCUT2D eigenvalue weighted by Gasteiger charge is -2.16. The molecule has 0 unspecified atom stereocenters. The molecule has 17 heavy (non-hydrogen) atoms. The summed E-state index contributed by atoms with van der Waals surface area (Å²) in [6.07, 6.45) is 7.20. The van der Waals surface area contributed by atoms with Crippen molar-refractivity contribution in [2.75, 3.05) is 0 Å². The van der Waals surface area contributed by atoms with Gasteiger partial charge in [-0.25, -0.2) is 4.98 Å². The van der Waals surface area contributed by atoms with Gasteiger partial charge in [-0.15, -0.1) is 0 Å². The van der Waals surface area contributed by atoms with Crippen LogP contribution in [0.4, 0.5) is 0 Å². The average Bonchev–Trinajstić information content (AvgIpc) is 2.78. The minimum absolute atomic E-state index is 0.512. The van der Waals surface area contributed by atoms with Crippen molar-refractivity contribution >= 4 is 0 Å². The summed E-state index contributed by atoms with van der Waals surface area (Å²) in [6.45, 7) is 1.57. The summed E-state index contributed by atoms with van der Waals surface area (Å²) in [6, 6.07) is 4.02. The molecule has 0 saturated carbocycles. The summed E-state index contributed by atoms with van der Waals surface area (Å²) in [5, 5.41) is 0. The predicted molar refractivity (Wildman–Crippen MR) is 66.3 cm³/mol. The molecule has 3 heterocycles. The Balaban J connectivity index is 2.14. The molecule has 0 fully saturated rings. The molecule has 4 nitrogen and oxygen atoms in total. The van der Waals surface area contributed by atoms with Crippen molar-refractivity contribution in [3.63, 3.8) is 0 Å². The molecule has 2 N–H and O–H groups in total. The van der Waals surface area contributed by atoms with Gasteiger partial charge in [-0.1, -0.05) is 0 Å². The third-order valence-electron chi connectivity index (χ3n) is 3.33. The average molecular weight is 228 g/mol. The van der Waals surface area contributed by atoms with Gasteiger partial charge in [-0.2, -0.15) is 0 Å². The number of fused-ring (bicyclic) bond motifs is 1. The zero-order chi connectivity index (χ0) is 11.7. The Morgan fingerprint density at radius 3 is 2.82 bits per heavy atom. The van der Waals surface area contributed by atoms with Gasteiger partial charge in [0.1, 0.15) is 5.82 Å². The zero-order valence-electron chi connectivity index (χ0n) is 9.76. The lowest BCUT2D eigenvalue weighted by Crippen LogP contribution is -2.15. The first-order chi connectivity index (χ1) is 8.40. The van der Waals surface area contributed by atoms with Gasteiger partial charge in [0.25, 0.3) is 0 Å². The second-order valence-electron chi connectivity index (χ2n) is 4.37.